The molecule has 6 nitrogen and oxygen atoms in total. The van der Waals surface area contributed by atoms with E-state index in [4.69, 9.17) is 17.4 Å². The first kappa shape index (κ1) is 16.4. The molecule has 2 aromatic carbocycles. The van der Waals surface area contributed by atoms with E-state index < -0.39 is 5.56 Å². The summed E-state index contributed by atoms with van der Waals surface area (Å²) in [6.07, 6.45) is 0. The molecule has 8 heteroatoms. The molecular weight excluding hydrogens is 346 g/mol. The van der Waals surface area contributed by atoms with Gasteiger partial charge in [-0.3, -0.25) is 4.79 Å². The van der Waals surface area contributed by atoms with Gasteiger partial charge < -0.3 is 11.2 Å². The summed E-state index contributed by atoms with van der Waals surface area (Å²) in [5, 5.41) is 11.8. The molecule has 0 fully saturated rings. The van der Waals surface area contributed by atoms with Crippen LogP contribution in [0.5, 0.6) is 0 Å². The zero-order valence-corrected chi connectivity index (χ0v) is 14.1. The zero-order valence-electron chi connectivity index (χ0n) is 12.5. The molecule has 0 spiro atoms. The van der Waals surface area contributed by atoms with Crippen molar-refractivity contribution < 1.29 is 0 Å². The summed E-state index contributed by atoms with van der Waals surface area (Å²) in [6.45, 7) is 0. The number of aromatic nitrogens is 3. The van der Waals surface area contributed by atoms with Crippen LogP contribution in [0.15, 0.2) is 64.5 Å². The molecule has 3 N–H and O–H groups in total. The Hall–Kier alpha value is -2.51. The van der Waals surface area contributed by atoms with Crippen molar-refractivity contribution in [2.45, 2.75) is 10.9 Å². The minimum atomic E-state index is -0.449. The molecule has 1 heterocycles. The highest BCUT2D eigenvalue weighted by atomic mass is 35.5. The van der Waals surface area contributed by atoms with Crippen LogP contribution >= 0.6 is 23.4 Å². The highest BCUT2D eigenvalue weighted by Gasteiger charge is 2.11. The molecule has 122 valence electrons. The van der Waals surface area contributed by atoms with Crippen LogP contribution in [0, 0.1) is 0 Å². The van der Waals surface area contributed by atoms with E-state index in [1.54, 1.807) is 24.3 Å². The number of nitrogens with zero attached hydrogens (tertiary/aromatic N) is 3. The van der Waals surface area contributed by atoms with Crippen molar-refractivity contribution in [2.75, 3.05) is 11.2 Å². The number of nitrogens with one attached hydrogen (secondary N) is 1. The van der Waals surface area contributed by atoms with Crippen LogP contribution in [0.25, 0.3) is 0 Å². The Morgan fingerprint density at radius 3 is 2.50 bits per heavy atom. The summed E-state index contributed by atoms with van der Waals surface area (Å²) in [5.41, 5.74) is 1.34. The molecular formula is C16H14ClN5OS. The van der Waals surface area contributed by atoms with Gasteiger partial charge in [0.2, 0.25) is 11.0 Å². The predicted molar refractivity (Wildman–Crippen MR) is 97.2 cm³/mol. The van der Waals surface area contributed by atoms with Crippen LogP contribution in [0.3, 0.4) is 0 Å². The molecule has 0 unspecified atom stereocenters. The van der Waals surface area contributed by atoms with Crippen LogP contribution in [0.1, 0.15) is 5.56 Å². The van der Waals surface area contributed by atoms with E-state index in [0.29, 0.717) is 21.6 Å². The number of anilines is 2. The zero-order chi connectivity index (χ0) is 16.9. The van der Waals surface area contributed by atoms with Crippen molar-refractivity contribution in [3.63, 3.8) is 0 Å². The Bertz CT molecular complexity index is 883. The number of halogens is 1. The van der Waals surface area contributed by atoms with Crippen molar-refractivity contribution in [1.29, 1.82) is 0 Å². The quantitative estimate of drug-likeness (QED) is 0.538. The average Bonchev–Trinajstić information content (AvgIpc) is 2.61. The second-order valence-corrected chi connectivity index (χ2v) is 6.29. The third-order valence-electron chi connectivity index (χ3n) is 3.18. The first-order valence-corrected chi connectivity index (χ1v) is 8.44. The van der Waals surface area contributed by atoms with E-state index >= 15 is 0 Å². The number of rotatable bonds is 5. The molecule has 0 atom stereocenters. The van der Waals surface area contributed by atoms with Gasteiger partial charge in [0.05, 0.1) is 0 Å². The van der Waals surface area contributed by atoms with E-state index in [9.17, 15) is 4.79 Å². The molecule has 0 saturated carbocycles. The van der Waals surface area contributed by atoms with Gasteiger partial charge in [-0.25, -0.2) is 0 Å². The maximum atomic E-state index is 12.3. The van der Waals surface area contributed by atoms with Crippen molar-refractivity contribution in [3.05, 3.63) is 75.5 Å². The molecule has 3 rings (SSSR count). The summed E-state index contributed by atoms with van der Waals surface area (Å²) in [5.74, 6) is 6.55. The molecule has 0 aliphatic carbocycles. The largest absolute Gasteiger partial charge is 0.334 e. The fourth-order valence-electron chi connectivity index (χ4n) is 1.95. The molecule has 1 aromatic heterocycles. The first-order valence-electron chi connectivity index (χ1n) is 7.07. The van der Waals surface area contributed by atoms with Gasteiger partial charge in [-0.2, -0.15) is 4.68 Å². The Balaban J connectivity index is 1.76. The second-order valence-electron chi connectivity index (χ2n) is 4.91. The van der Waals surface area contributed by atoms with Crippen LogP contribution < -0.4 is 16.7 Å². The lowest BCUT2D eigenvalue weighted by Gasteiger charge is -2.09. The van der Waals surface area contributed by atoms with Gasteiger partial charge in [0.1, 0.15) is 0 Å². The van der Waals surface area contributed by atoms with E-state index in [1.165, 1.54) is 11.8 Å². The Morgan fingerprint density at radius 1 is 1.08 bits per heavy atom. The van der Waals surface area contributed by atoms with E-state index in [-0.39, 0.29) is 5.82 Å². The number of nitrogens with two attached hydrogens (primary N) is 1. The number of benzene rings is 2. The predicted octanol–water partition coefficient (Wildman–Crippen LogP) is 3.04. The van der Waals surface area contributed by atoms with E-state index in [2.05, 4.69) is 15.5 Å². The van der Waals surface area contributed by atoms with Crippen LogP contribution in [-0.2, 0) is 5.75 Å². The fraction of sp³-hybridized carbons (Fsp3) is 0.0625. The number of hydrogen-bond donors (Lipinski definition) is 2. The first-order chi connectivity index (χ1) is 11.6. The lowest BCUT2D eigenvalue weighted by molar-refractivity contribution is 0.705. The smallest absolute Gasteiger partial charge is 0.315 e. The van der Waals surface area contributed by atoms with Gasteiger partial charge in [-0.05, 0) is 29.8 Å². The Morgan fingerprint density at radius 2 is 1.79 bits per heavy atom. The van der Waals surface area contributed by atoms with Gasteiger partial charge in [0, 0.05) is 16.5 Å². The summed E-state index contributed by atoms with van der Waals surface area (Å²) < 4.78 is 0.999. The van der Waals surface area contributed by atoms with E-state index in [1.807, 2.05) is 30.3 Å². The fourth-order valence-corrected chi connectivity index (χ4v) is 2.89. The molecule has 0 amide bonds. The minimum absolute atomic E-state index is 0.0592. The molecule has 0 saturated heterocycles. The molecule has 24 heavy (non-hydrogen) atoms. The van der Waals surface area contributed by atoms with Gasteiger partial charge >= 0.3 is 5.56 Å². The van der Waals surface area contributed by atoms with Gasteiger partial charge in [-0.15, -0.1) is 10.2 Å². The van der Waals surface area contributed by atoms with Crippen LogP contribution in [0.2, 0.25) is 5.02 Å². The number of hydrogen-bond acceptors (Lipinski definition) is 6. The lowest BCUT2D eigenvalue weighted by Crippen LogP contribution is -2.32. The maximum absolute atomic E-state index is 12.3. The summed E-state index contributed by atoms with van der Waals surface area (Å²) in [4.78, 5) is 12.3. The third-order valence-corrected chi connectivity index (χ3v) is 4.45. The Kier molecular flexibility index (Phi) is 5.02. The van der Waals surface area contributed by atoms with Gasteiger partial charge in [0.25, 0.3) is 0 Å². The summed E-state index contributed by atoms with van der Waals surface area (Å²) in [7, 11) is 0. The van der Waals surface area contributed by atoms with Crippen molar-refractivity contribution in [2.24, 2.45) is 0 Å². The monoisotopic (exact) mass is 359 g/mol. The van der Waals surface area contributed by atoms with Gasteiger partial charge in [0.15, 0.2) is 0 Å². The van der Waals surface area contributed by atoms with Crippen molar-refractivity contribution >= 4 is 34.9 Å². The highest BCUT2D eigenvalue weighted by molar-refractivity contribution is 7.98. The summed E-state index contributed by atoms with van der Waals surface area (Å²) in [6, 6.07) is 16.7. The SMILES string of the molecule is Nn1c(SCc2ccccc2)nnc(Nc2ccc(Cl)cc2)c1=O. The molecule has 0 radical (unpaired) electrons. The topological polar surface area (TPSA) is 85.8 Å². The highest BCUT2D eigenvalue weighted by Crippen LogP contribution is 2.19. The minimum Gasteiger partial charge on any atom is -0.334 e. The van der Waals surface area contributed by atoms with Crippen LogP contribution in [0.4, 0.5) is 11.5 Å². The number of nitrogen functional groups attached to an aromatic ring is 1. The van der Waals surface area contributed by atoms with E-state index in [0.717, 1.165) is 10.2 Å². The van der Waals surface area contributed by atoms with Crippen molar-refractivity contribution in [3.8, 4) is 0 Å². The normalized spacial score (nSPS) is 10.5. The molecule has 0 aliphatic rings. The molecule has 3 aromatic rings. The molecule has 0 bridgehead atoms. The lowest BCUT2D eigenvalue weighted by atomic mass is 10.2. The third kappa shape index (κ3) is 3.87. The average molecular weight is 360 g/mol. The van der Waals surface area contributed by atoms with Crippen molar-refractivity contribution in [1.82, 2.24) is 14.9 Å². The second kappa shape index (κ2) is 7.37. The maximum Gasteiger partial charge on any atom is 0.315 e. The van der Waals surface area contributed by atoms with Crippen LogP contribution in [-0.4, -0.2) is 14.9 Å². The van der Waals surface area contributed by atoms with Gasteiger partial charge in [-0.1, -0.05) is 53.7 Å². The molecule has 0 aliphatic heterocycles. The standard InChI is InChI=1S/C16H14ClN5OS/c17-12-6-8-13(9-7-12)19-14-15(23)22(18)16(21-20-14)24-10-11-4-2-1-3-5-11/h1-9H,10,18H2,(H,19,20). The summed E-state index contributed by atoms with van der Waals surface area (Å²) >= 11 is 7.18. The number of thioether (sulfide) groups is 1. The Labute approximate surface area is 147 Å².